The Balaban J connectivity index is 1.84. The zero-order chi connectivity index (χ0) is 26.1. The van der Waals surface area contributed by atoms with Crippen LogP contribution in [-0.2, 0) is 28.3 Å². The highest BCUT2D eigenvalue weighted by Crippen LogP contribution is 2.20. The Morgan fingerprint density at radius 1 is 0.889 bits per heavy atom. The van der Waals surface area contributed by atoms with Gasteiger partial charge in [-0.3, -0.25) is 9.59 Å². The number of halogens is 1. The van der Waals surface area contributed by atoms with Crippen LogP contribution in [0.1, 0.15) is 41.7 Å². The molecule has 0 bridgehead atoms. The first kappa shape index (κ1) is 27.5. The highest BCUT2D eigenvalue weighted by atomic mass is 32.2. The number of carbonyl (C=O) groups is 2. The minimum atomic E-state index is -0.686. The Hall–Kier alpha value is -3.12. The molecule has 36 heavy (non-hydrogen) atoms. The number of aryl methyl sites for hydroxylation is 2. The number of thioether (sulfide) groups is 1. The van der Waals surface area contributed by atoms with Crippen molar-refractivity contribution in [2.75, 3.05) is 5.75 Å². The molecule has 0 aliphatic rings. The number of hydrogen-bond acceptors (Lipinski definition) is 3. The molecule has 1 atom stereocenters. The van der Waals surface area contributed by atoms with Gasteiger partial charge in [-0.1, -0.05) is 71.8 Å². The molecule has 0 heterocycles. The second kappa shape index (κ2) is 13.3. The summed E-state index contributed by atoms with van der Waals surface area (Å²) in [6, 6.07) is 21.5. The fourth-order valence-electron chi connectivity index (χ4n) is 4.21. The zero-order valence-corrected chi connectivity index (χ0v) is 22.3. The summed E-state index contributed by atoms with van der Waals surface area (Å²) < 4.78 is 13.5. The van der Waals surface area contributed by atoms with Crippen molar-refractivity contribution in [3.05, 3.63) is 106 Å². The maximum atomic E-state index is 13.6. The Morgan fingerprint density at radius 3 is 2.14 bits per heavy atom. The minimum Gasteiger partial charge on any atom is -0.352 e. The van der Waals surface area contributed by atoms with Crippen LogP contribution in [0.2, 0.25) is 0 Å². The summed E-state index contributed by atoms with van der Waals surface area (Å²) in [4.78, 5) is 28.6. The maximum Gasteiger partial charge on any atom is 0.243 e. The van der Waals surface area contributed by atoms with Crippen molar-refractivity contribution < 1.29 is 14.0 Å². The normalized spacial score (nSPS) is 11.8. The fourth-order valence-corrected chi connectivity index (χ4v) is 5.06. The van der Waals surface area contributed by atoms with Crippen LogP contribution in [0.25, 0.3) is 0 Å². The summed E-state index contributed by atoms with van der Waals surface area (Å²) in [6.07, 6.45) is 0.397. The van der Waals surface area contributed by atoms with Crippen LogP contribution in [0.3, 0.4) is 0 Å². The fraction of sp³-hybridized carbons (Fsp3) is 0.333. The van der Waals surface area contributed by atoms with Gasteiger partial charge in [0.2, 0.25) is 11.8 Å². The Morgan fingerprint density at radius 2 is 1.53 bits per heavy atom. The molecule has 0 radical (unpaired) electrons. The lowest BCUT2D eigenvalue weighted by Crippen LogP contribution is -2.52. The number of nitrogens with one attached hydrogen (secondary N) is 1. The highest BCUT2D eigenvalue weighted by Gasteiger charge is 2.30. The quantitative estimate of drug-likeness (QED) is 0.355. The molecule has 190 valence electrons. The molecule has 6 heteroatoms. The highest BCUT2D eigenvalue weighted by molar-refractivity contribution is 7.99. The van der Waals surface area contributed by atoms with Gasteiger partial charge in [0, 0.05) is 24.8 Å². The predicted octanol–water partition coefficient (Wildman–Crippen LogP) is 5.84. The van der Waals surface area contributed by atoms with E-state index in [1.165, 1.54) is 40.6 Å². The lowest BCUT2D eigenvalue weighted by molar-refractivity contribution is -0.139. The first-order chi connectivity index (χ1) is 17.2. The van der Waals surface area contributed by atoms with Crippen LogP contribution in [-0.4, -0.2) is 34.6 Å². The zero-order valence-electron chi connectivity index (χ0n) is 21.5. The summed E-state index contributed by atoms with van der Waals surface area (Å²) in [5.41, 5.74) is 5.32. The van der Waals surface area contributed by atoms with Gasteiger partial charge in [0.15, 0.2) is 0 Å². The lowest BCUT2D eigenvalue weighted by atomic mass is 10.0. The number of nitrogens with zero attached hydrogens (tertiary/aromatic N) is 1. The molecule has 0 saturated carbocycles. The number of benzene rings is 3. The van der Waals surface area contributed by atoms with Gasteiger partial charge in [-0.25, -0.2) is 4.39 Å². The van der Waals surface area contributed by atoms with E-state index in [1.807, 2.05) is 44.2 Å². The molecule has 0 fully saturated rings. The summed E-state index contributed by atoms with van der Waals surface area (Å²) in [6.45, 7) is 8.18. The second-order valence-electron chi connectivity index (χ2n) is 9.51. The van der Waals surface area contributed by atoms with E-state index >= 15 is 0 Å². The molecule has 0 unspecified atom stereocenters. The number of carbonyl (C=O) groups excluding carboxylic acids is 2. The largest absolute Gasteiger partial charge is 0.352 e. The van der Waals surface area contributed by atoms with Crippen molar-refractivity contribution >= 4 is 23.6 Å². The van der Waals surface area contributed by atoms with Gasteiger partial charge in [0.05, 0.1) is 5.75 Å². The number of rotatable bonds is 11. The molecule has 0 saturated heterocycles. The van der Waals surface area contributed by atoms with Gasteiger partial charge in [0.1, 0.15) is 11.9 Å². The topological polar surface area (TPSA) is 49.4 Å². The lowest BCUT2D eigenvalue weighted by Gasteiger charge is -2.32. The van der Waals surface area contributed by atoms with Crippen LogP contribution >= 0.6 is 11.8 Å². The summed E-state index contributed by atoms with van der Waals surface area (Å²) in [5, 5.41) is 2.99. The van der Waals surface area contributed by atoms with Crippen molar-refractivity contribution in [3.8, 4) is 0 Å². The molecule has 0 aliphatic carbocycles. The average Bonchev–Trinajstić information content (AvgIpc) is 2.82. The smallest absolute Gasteiger partial charge is 0.243 e. The Bertz CT molecular complexity index is 1130. The van der Waals surface area contributed by atoms with Crippen LogP contribution in [0.5, 0.6) is 0 Å². The molecule has 3 rings (SSSR count). The summed E-state index contributed by atoms with van der Waals surface area (Å²) in [7, 11) is 0. The van der Waals surface area contributed by atoms with Crippen molar-refractivity contribution in [1.82, 2.24) is 10.2 Å². The van der Waals surface area contributed by atoms with Crippen molar-refractivity contribution in [2.24, 2.45) is 0 Å². The molecule has 0 aromatic heterocycles. The molecular weight excluding hydrogens is 471 g/mol. The molecule has 0 aliphatic heterocycles. The Kier molecular flexibility index (Phi) is 10.1. The van der Waals surface area contributed by atoms with Crippen LogP contribution in [0.15, 0.2) is 72.8 Å². The van der Waals surface area contributed by atoms with Gasteiger partial charge in [0.25, 0.3) is 0 Å². The number of hydrogen-bond donors (Lipinski definition) is 1. The van der Waals surface area contributed by atoms with E-state index in [1.54, 1.807) is 17.0 Å². The molecule has 2 amide bonds. The third-order valence-electron chi connectivity index (χ3n) is 5.74. The minimum absolute atomic E-state index is 0.0579. The van der Waals surface area contributed by atoms with E-state index in [-0.39, 0.29) is 36.0 Å². The maximum absolute atomic E-state index is 13.6. The third-order valence-corrected chi connectivity index (χ3v) is 6.73. The van der Waals surface area contributed by atoms with Crippen molar-refractivity contribution in [1.29, 1.82) is 0 Å². The van der Waals surface area contributed by atoms with Crippen LogP contribution in [0, 0.1) is 19.7 Å². The van der Waals surface area contributed by atoms with E-state index in [0.717, 1.165) is 11.1 Å². The van der Waals surface area contributed by atoms with Gasteiger partial charge in [-0.05, 0) is 56.5 Å². The monoisotopic (exact) mass is 506 g/mol. The van der Waals surface area contributed by atoms with Crippen LogP contribution < -0.4 is 5.32 Å². The van der Waals surface area contributed by atoms with E-state index in [2.05, 4.69) is 37.4 Å². The Labute approximate surface area is 218 Å². The van der Waals surface area contributed by atoms with Gasteiger partial charge in [-0.2, -0.15) is 0 Å². The molecular formula is C30H35FN2O2S. The molecule has 4 nitrogen and oxygen atoms in total. The molecule has 0 spiro atoms. The number of amides is 2. The van der Waals surface area contributed by atoms with Gasteiger partial charge in [-0.15, -0.1) is 11.8 Å². The van der Waals surface area contributed by atoms with E-state index < -0.39 is 6.04 Å². The molecule has 3 aromatic carbocycles. The van der Waals surface area contributed by atoms with Crippen LogP contribution in [0.4, 0.5) is 4.39 Å². The van der Waals surface area contributed by atoms with Gasteiger partial charge < -0.3 is 10.2 Å². The molecule has 1 N–H and O–H groups in total. The summed E-state index contributed by atoms with van der Waals surface area (Å²) >= 11 is 1.54. The third kappa shape index (κ3) is 8.52. The SMILES string of the molecule is Cc1cc(C)cc(CSCC(=O)N(Cc2ccc(F)cc2)[C@@H](Cc2ccccc2)C(=O)NC(C)C)c1. The average molecular weight is 507 g/mol. The van der Waals surface area contributed by atoms with E-state index in [9.17, 15) is 14.0 Å². The van der Waals surface area contributed by atoms with E-state index in [4.69, 9.17) is 0 Å². The first-order valence-electron chi connectivity index (χ1n) is 12.2. The predicted molar refractivity (Wildman–Crippen MR) is 146 cm³/mol. The second-order valence-corrected chi connectivity index (χ2v) is 10.5. The van der Waals surface area contributed by atoms with Gasteiger partial charge >= 0.3 is 0 Å². The summed E-state index contributed by atoms with van der Waals surface area (Å²) in [5.74, 6) is 0.311. The standard InChI is InChI=1S/C30H35FN2O2S/c1-21(2)32-30(35)28(17-24-8-6-5-7-9-24)33(18-25-10-12-27(31)13-11-25)29(34)20-36-19-26-15-22(3)14-23(4)16-26/h5-16,21,28H,17-20H2,1-4H3,(H,32,35)/t28-/m0/s1. The van der Waals surface area contributed by atoms with E-state index in [0.29, 0.717) is 12.2 Å². The van der Waals surface area contributed by atoms with Crippen molar-refractivity contribution in [2.45, 2.75) is 58.5 Å². The first-order valence-corrected chi connectivity index (χ1v) is 13.4. The van der Waals surface area contributed by atoms with Crippen molar-refractivity contribution in [3.63, 3.8) is 0 Å². The molecule has 3 aromatic rings.